The highest BCUT2D eigenvalue weighted by molar-refractivity contribution is 5.22. The highest BCUT2D eigenvalue weighted by Crippen LogP contribution is 2.28. The van der Waals surface area contributed by atoms with Crippen LogP contribution in [0.5, 0.6) is 0 Å². The summed E-state index contributed by atoms with van der Waals surface area (Å²) in [6.45, 7) is 10.8. The molecule has 0 radical (unpaired) electrons. The van der Waals surface area contributed by atoms with Crippen LogP contribution in [0.25, 0.3) is 0 Å². The van der Waals surface area contributed by atoms with E-state index in [1.807, 2.05) is 0 Å². The predicted octanol–water partition coefficient (Wildman–Crippen LogP) is 2.26. The Morgan fingerprint density at radius 3 is 2.47 bits per heavy atom. The lowest BCUT2D eigenvalue weighted by molar-refractivity contribution is 0.146. The molecule has 1 aromatic rings. The first kappa shape index (κ1) is 14.5. The van der Waals surface area contributed by atoms with Crippen molar-refractivity contribution < 1.29 is 5.11 Å². The Morgan fingerprint density at radius 1 is 1.42 bits per heavy atom. The number of aromatic nitrogens is 2. The van der Waals surface area contributed by atoms with Crippen LogP contribution in [0.15, 0.2) is 0 Å². The number of aryl methyl sites for hydroxylation is 1. The molecule has 2 N–H and O–H groups in total. The zero-order chi connectivity index (χ0) is 14.2. The van der Waals surface area contributed by atoms with E-state index >= 15 is 0 Å². The Bertz CT molecular complexity index is 450. The summed E-state index contributed by atoms with van der Waals surface area (Å²) < 4.78 is 2.10. The lowest BCUT2D eigenvalue weighted by Crippen LogP contribution is -2.48. The van der Waals surface area contributed by atoms with Crippen LogP contribution >= 0.6 is 0 Å². The maximum atomic E-state index is 9.69. The number of aliphatic hydroxyl groups excluding tert-OH is 1. The molecule has 2 rings (SSSR count). The van der Waals surface area contributed by atoms with Gasteiger partial charge >= 0.3 is 0 Å². The van der Waals surface area contributed by atoms with E-state index < -0.39 is 0 Å². The van der Waals surface area contributed by atoms with Crippen molar-refractivity contribution in [3.63, 3.8) is 0 Å². The van der Waals surface area contributed by atoms with E-state index in [2.05, 4.69) is 49.7 Å². The minimum Gasteiger partial charge on any atom is -0.394 e. The highest BCUT2D eigenvalue weighted by atomic mass is 16.3. The van der Waals surface area contributed by atoms with Gasteiger partial charge in [-0.25, -0.2) is 0 Å². The molecule has 1 aliphatic carbocycles. The number of rotatable bonds is 6. The zero-order valence-corrected chi connectivity index (χ0v) is 12.8. The molecular weight excluding hydrogens is 238 g/mol. The second-order valence-electron chi connectivity index (χ2n) is 6.43. The van der Waals surface area contributed by atoms with E-state index in [9.17, 15) is 5.11 Å². The first-order valence-electron chi connectivity index (χ1n) is 7.27. The topological polar surface area (TPSA) is 50.1 Å². The molecule has 0 saturated heterocycles. The SMILES string of the molecule is Cc1nn(C(C)CC(C)(CO)NC2CC2)c(C)c1C. The molecule has 108 valence electrons. The summed E-state index contributed by atoms with van der Waals surface area (Å²) in [5.41, 5.74) is 3.40. The summed E-state index contributed by atoms with van der Waals surface area (Å²) in [7, 11) is 0. The fraction of sp³-hybridized carbons (Fsp3) is 0.800. The van der Waals surface area contributed by atoms with Crippen molar-refractivity contribution in [3.05, 3.63) is 17.0 Å². The van der Waals surface area contributed by atoms with E-state index in [1.54, 1.807) is 0 Å². The summed E-state index contributed by atoms with van der Waals surface area (Å²) in [4.78, 5) is 0. The van der Waals surface area contributed by atoms with Gasteiger partial charge in [-0.05, 0) is 59.4 Å². The van der Waals surface area contributed by atoms with Crippen molar-refractivity contribution >= 4 is 0 Å². The Morgan fingerprint density at radius 2 is 2.05 bits per heavy atom. The van der Waals surface area contributed by atoms with Gasteiger partial charge < -0.3 is 10.4 Å². The fourth-order valence-corrected chi connectivity index (χ4v) is 2.80. The third-order valence-corrected chi connectivity index (χ3v) is 4.33. The van der Waals surface area contributed by atoms with Crippen LogP contribution in [0, 0.1) is 20.8 Å². The molecule has 0 bridgehead atoms. The summed E-state index contributed by atoms with van der Waals surface area (Å²) in [6.07, 6.45) is 3.37. The number of hydrogen-bond acceptors (Lipinski definition) is 3. The Kier molecular flexibility index (Phi) is 4.02. The van der Waals surface area contributed by atoms with Gasteiger partial charge in [-0.15, -0.1) is 0 Å². The van der Waals surface area contributed by atoms with Crippen molar-refractivity contribution in [2.24, 2.45) is 0 Å². The van der Waals surface area contributed by atoms with Crippen molar-refractivity contribution in [3.8, 4) is 0 Å². The van der Waals surface area contributed by atoms with E-state index in [1.165, 1.54) is 24.1 Å². The molecule has 0 aromatic carbocycles. The van der Waals surface area contributed by atoms with Crippen molar-refractivity contribution in [2.75, 3.05) is 6.61 Å². The molecule has 0 aliphatic heterocycles. The van der Waals surface area contributed by atoms with Gasteiger partial charge in [0, 0.05) is 17.3 Å². The van der Waals surface area contributed by atoms with E-state index in [0.717, 1.165) is 12.1 Å². The molecular formula is C15H27N3O. The Balaban J connectivity index is 2.09. The third kappa shape index (κ3) is 3.18. The first-order chi connectivity index (χ1) is 8.86. The van der Waals surface area contributed by atoms with Crippen LogP contribution in [0.2, 0.25) is 0 Å². The number of nitrogens with zero attached hydrogens (tertiary/aromatic N) is 2. The van der Waals surface area contributed by atoms with Crippen LogP contribution in [-0.4, -0.2) is 33.1 Å². The molecule has 1 saturated carbocycles. The third-order valence-electron chi connectivity index (χ3n) is 4.33. The van der Waals surface area contributed by atoms with Gasteiger partial charge in [0.2, 0.25) is 0 Å². The number of aliphatic hydroxyl groups is 1. The van der Waals surface area contributed by atoms with Gasteiger partial charge in [0.1, 0.15) is 0 Å². The van der Waals surface area contributed by atoms with Crippen molar-refractivity contribution in [1.82, 2.24) is 15.1 Å². The van der Waals surface area contributed by atoms with Crippen molar-refractivity contribution in [2.45, 2.75) is 71.5 Å². The molecule has 1 heterocycles. The van der Waals surface area contributed by atoms with Gasteiger partial charge in [-0.3, -0.25) is 4.68 Å². The summed E-state index contributed by atoms with van der Waals surface area (Å²) in [6, 6.07) is 0.891. The van der Waals surface area contributed by atoms with Gasteiger partial charge in [0.05, 0.1) is 18.3 Å². The van der Waals surface area contributed by atoms with Crippen LogP contribution in [-0.2, 0) is 0 Å². The van der Waals surface area contributed by atoms with Gasteiger partial charge in [0.25, 0.3) is 0 Å². The summed E-state index contributed by atoms with van der Waals surface area (Å²) >= 11 is 0. The molecule has 0 amide bonds. The second kappa shape index (κ2) is 5.25. The van der Waals surface area contributed by atoms with E-state index in [-0.39, 0.29) is 18.2 Å². The monoisotopic (exact) mass is 265 g/mol. The molecule has 0 spiro atoms. The first-order valence-corrected chi connectivity index (χ1v) is 7.27. The lowest BCUT2D eigenvalue weighted by Gasteiger charge is -2.32. The maximum absolute atomic E-state index is 9.69. The normalized spacial score (nSPS) is 20.3. The van der Waals surface area contributed by atoms with E-state index in [4.69, 9.17) is 0 Å². The van der Waals surface area contributed by atoms with Gasteiger partial charge in [0.15, 0.2) is 0 Å². The standard InChI is InChI=1S/C15H27N3O/c1-10(18-13(4)11(2)12(3)17-18)8-15(5,9-19)16-14-6-7-14/h10,14,16,19H,6-9H2,1-5H3. The number of hydrogen-bond donors (Lipinski definition) is 2. The Hall–Kier alpha value is -0.870. The van der Waals surface area contributed by atoms with E-state index in [0.29, 0.717) is 6.04 Å². The second-order valence-corrected chi connectivity index (χ2v) is 6.43. The molecule has 1 aromatic heterocycles. The summed E-state index contributed by atoms with van der Waals surface area (Å²) in [5, 5.41) is 17.9. The zero-order valence-electron chi connectivity index (χ0n) is 12.8. The molecule has 1 aliphatic rings. The van der Waals surface area contributed by atoms with Crippen molar-refractivity contribution in [1.29, 1.82) is 0 Å². The molecule has 19 heavy (non-hydrogen) atoms. The maximum Gasteiger partial charge on any atom is 0.0625 e. The molecule has 4 heteroatoms. The Labute approximate surface area is 116 Å². The predicted molar refractivity (Wildman–Crippen MR) is 77.4 cm³/mol. The average molecular weight is 265 g/mol. The molecule has 1 fully saturated rings. The van der Waals surface area contributed by atoms with Crippen LogP contribution in [0.4, 0.5) is 0 Å². The largest absolute Gasteiger partial charge is 0.394 e. The quantitative estimate of drug-likeness (QED) is 0.829. The van der Waals surface area contributed by atoms with Gasteiger partial charge in [-0.1, -0.05) is 0 Å². The van der Waals surface area contributed by atoms with Gasteiger partial charge in [-0.2, -0.15) is 5.10 Å². The average Bonchev–Trinajstić information content (AvgIpc) is 3.12. The van der Waals surface area contributed by atoms with Crippen LogP contribution in [0.3, 0.4) is 0 Å². The highest BCUT2D eigenvalue weighted by Gasteiger charge is 2.33. The number of nitrogens with one attached hydrogen (secondary N) is 1. The van der Waals surface area contributed by atoms with Crippen LogP contribution < -0.4 is 5.32 Å². The minimum atomic E-state index is -0.208. The molecule has 4 nitrogen and oxygen atoms in total. The minimum absolute atomic E-state index is 0.173. The fourth-order valence-electron chi connectivity index (χ4n) is 2.80. The molecule has 2 atom stereocenters. The van der Waals surface area contributed by atoms with Crippen LogP contribution in [0.1, 0.15) is 56.1 Å². The molecule has 2 unspecified atom stereocenters. The summed E-state index contributed by atoms with van der Waals surface area (Å²) in [5.74, 6) is 0. The smallest absolute Gasteiger partial charge is 0.0625 e. The lowest BCUT2D eigenvalue weighted by atomic mass is 9.94.